The van der Waals surface area contributed by atoms with Gasteiger partial charge in [0, 0.05) is 37.2 Å². The first-order chi connectivity index (χ1) is 14.6. The largest absolute Gasteiger partial charge is 0.340 e. The number of piperidine rings is 1. The minimum atomic E-state index is 0.00848. The van der Waals surface area contributed by atoms with Gasteiger partial charge in [-0.05, 0) is 30.7 Å². The third-order valence-electron chi connectivity index (χ3n) is 6.54. The Morgan fingerprint density at radius 3 is 2.50 bits per heavy atom. The molecule has 3 aliphatic heterocycles. The molecular weight excluding hydrogens is 378 g/mol. The van der Waals surface area contributed by atoms with Crippen molar-refractivity contribution in [2.75, 3.05) is 13.1 Å². The van der Waals surface area contributed by atoms with Crippen molar-refractivity contribution in [1.82, 2.24) is 24.0 Å². The SMILES string of the molecule is Cn1c(C(=O)N2C[C@H]3C[C@H](C2)N3C(=O)c2cnn3ccccc23)cc2ccccc21. The number of nitrogens with zero attached hydrogens (tertiary/aromatic N) is 5. The van der Waals surface area contributed by atoms with E-state index in [1.54, 1.807) is 10.7 Å². The summed E-state index contributed by atoms with van der Waals surface area (Å²) in [6.45, 7) is 1.14. The summed E-state index contributed by atoms with van der Waals surface area (Å²) in [6, 6.07) is 15.8. The van der Waals surface area contributed by atoms with Gasteiger partial charge < -0.3 is 14.4 Å². The number of para-hydroxylation sites is 1. The zero-order valence-electron chi connectivity index (χ0n) is 16.6. The van der Waals surface area contributed by atoms with Crippen LogP contribution in [0.25, 0.3) is 16.4 Å². The van der Waals surface area contributed by atoms with Crippen LogP contribution < -0.4 is 0 Å². The summed E-state index contributed by atoms with van der Waals surface area (Å²) in [5, 5.41) is 5.35. The van der Waals surface area contributed by atoms with Gasteiger partial charge in [-0.25, -0.2) is 4.52 Å². The Hall–Kier alpha value is -3.61. The molecule has 2 amide bonds. The Morgan fingerprint density at radius 1 is 0.967 bits per heavy atom. The fourth-order valence-corrected chi connectivity index (χ4v) is 5.00. The van der Waals surface area contributed by atoms with Gasteiger partial charge in [-0.2, -0.15) is 5.10 Å². The molecule has 0 radical (unpaired) electrons. The lowest BCUT2D eigenvalue weighted by Gasteiger charge is -2.56. The molecule has 2 bridgehead atoms. The van der Waals surface area contributed by atoms with E-state index in [4.69, 9.17) is 0 Å². The van der Waals surface area contributed by atoms with Crippen LogP contribution in [0.4, 0.5) is 0 Å². The zero-order valence-corrected chi connectivity index (χ0v) is 16.6. The van der Waals surface area contributed by atoms with Gasteiger partial charge in [-0.1, -0.05) is 24.3 Å². The molecule has 2 atom stereocenters. The molecule has 3 saturated heterocycles. The number of rotatable bonds is 2. The highest BCUT2D eigenvalue weighted by Crippen LogP contribution is 2.35. The normalized spacial score (nSPS) is 20.6. The van der Waals surface area contributed by atoms with Gasteiger partial charge in [-0.15, -0.1) is 0 Å². The van der Waals surface area contributed by atoms with E-state index < -0.39 is 0 Å². The van der Waals surface area contributed by atoms with Crippen molar-refractivity contribution in [2.24, 2.45) is 7.05 Å². The van der Waals surface area contributed by atoms with Crippen molar-refractivity contribution in [3.63, 3.8) is 0 Å². The molecule has 0 unspecified atom stereocenters. The van der Waals surface area contributed by atoms with Crippen LogP contribution >= 0.6 is 0 Å². The molecule has 4 aromatic rings. The fourth-order valence-electron chi connectivity index (χ4n) is 5.00. The summed E-state index contributed by atoms with van der Waals surface area (Å²) >= 11 is 0. The second-order valence-corrected chi connectivity index (χ2v) is 8.20. The van der Waals surface area contributed by atoms with Crippen LogP contribution in [0.15, 0.2) is 60.9 Å². The van der Waals surface area contributed by atoms with Crippen LogP contribution in [0.5, 0.6) is 0 Å². The number of piperazine rings is 1. The molecule has 6 heterocycles. The van der Waals surface area contributed by atoms with Gasteiger partial charge in [0.1, 0.15) is 5.69 Å². The lowest BCUT2D eigenvalue weighted by Crippen LogP contribution is -2.70. The molecular formula is C23H21N5O2. The first-order valence-electron chi connectivity index (χ1n) is 10.2. The summed E-state index contributed by atoms with van der Waals surface area (Å²) in [6.07, 6.45) is 4.43. The summed E-state index contributed by atoms with van der Waals surface area (Å²) in [7, 11) is 1.93. The fraction of sp³-hybridized carbons (Fsp3) is 0.261. The third-order valence-corrected chi connectivity index (χ3v) is 6.54. The van der Waals surface area contributed by atoms with E-state index in [0.717, 1.165) is 22.8 Å². The summed E-state index contributed by atoms with van der Waals surface area (Å²) in [5.41, 5.74) is 3.18. The van der Waals surface area contributed by atoms with Crippen LogP contribution in [0.2, 0.25) is 0 Å². The molecule has 0 aliphatic carbocycles. The van der Waals surface area contributed by atoms with Crippen LogP contribution in [0, 0.1) is 0 Å². The highest BCUT2D eigenvalue weighted by molar-refractivity contribution is 6.02. The molecule has 0 saturated carbocycles. The predicted molar refractivity (Wildman–Crippen MR) is 112 cm³/mol. The van der Waals surface area contributed by atoms with Crippen molar-refractivity contribution < 1.29 is 9.59 Å². The molecule has 7 rings (SSSR count). The minimum absolute atomic E-state index is 0.00848. The molecule has 1 aromatic carbocycles. The van der Waals surface area contributed by atoms with E-state index in [2.05, 4.69) is 5.10 Å². The van der Waals surface area contributed by atoms with Crippen LogP contribution in [0.1, 0.15) is 27.3 Å². The van der Waals surface area contributed by atoms with Crippen molar-refractivity contribution in [2.45, 2.75) is 18.5 Å². The number of pyridine rings is 1. The van der Waals surface area contributed by atoms with Crippen LogP contribution in [-0.2, 0) is 7.05 Å². The number of hydrogen-bond acceptors (Lipinski definition) is 3. The number of aromatic nitrogens is 3. The summed E-state index contributed by atoms with van der Waals surface area (Å²) in [4.78, 5) is 30.3. The Kier molecular flexibility index (Phi) is 3.56. The number of fused-ring (bicyclic) bond motifs is 4. The topological polar surface area (TPSA) is 62.9 Å². The summed E-state index contributed by atoms with van der Waals surface area (Å²) in [5.74, 6) is 0.0423. The van der Waals surface area contributed by atoms with Gasteiger partial charge >= 0.3 is 0 Å². The standard InChI is InChI=1S/C23H21N5O2/c1-25-19-7-3-2-6-15(19)10-21(25)23(30)26-13-16-11-17(14-26)28(16)22(29)18-12-24-27-9-5-4-8-20(18)27/h2-10,12,16-17H,11,13-14H2,1H3/t16-,17-/m1/s1. The zero-order chi connectivity index (χ0) is 20.4. The smallest absolute Gasteiger partial charge is 0.270 e. The van der Waals surface area contributed by atoms with Gasteiger partial charge in [-0.3, -0.25) is 9.59 Å². The quantitative estimate of drug-likeness (QED) is 0.520. The number of amides is 2. The number of carbonyl (C=O) groups is 2. The number of hydrogen-bond donors (Lipinski definition) is 0. The molecule has 7 heteroatoms. The molecule has 0 N–H and O–H groups in total. The van der Waals surface area contributed by atoms with Crippen LogP contribution in [-0.4, -0.2) is 61.0 Å². The maximum absolute atomic E-state index is 13.2. The van der Waals surface area contributed by atoms with E-state index in [1.807, 2.05) is 76.1 Å². The molecule has 150 valence electrons. The van der Waals surface area contributed by atoms with Crippen LogP contribution in [0.3, 0.4) is 0 Å². The number of aryl methyl sites for hydroxylation is 1. The Balaban J connectivity index is 1.24. The molecule has 3 aliphatic rings. The average molecular weight is 399 g/mol. The lowest BCUT2D eigenvalue weighted by molar-refractivity contribution is -0.0398. The highest BCUT2D eigenvalue weighted by Gasteiger charge is 2.49. The highest BCUT2D eigenvalue weighted by atomic mass is 16.2. The molecule has 7 nitrogen and oxygen atoms in total. The first-order valence-corrected chi connectivity index (χ1v) is 10.2. The predicted octanol–water partition coefficient (Wildman–Crippen LogP) is 2.57. The van der Waals surface area contributed by atoms with E-state index in [-0.39, 0.29) is 23.9 Å². The van der Waals surface area contributed by atoms with E-state index >= 15 is 0 Å². The minimum Gasteiger partial charge on any atom is -0.340 e. The number of benzene rings is 1. The second kappa shape index (κ2) is 6.19. The molecule has 30 heavy (non-hydrogen) atoms. The van der Waals surface area contributed by atoms with Crippen molar-refractivity contribution in [1.29, 1.82) is 0 Å². The average Bonchev–Trinajstić information content (AvgIpc) is 3.35. The van der Waals surface area contributed by atoms with Gasteiger partial charge in [0.25, 0.3) is 11.8 Å². The Bertz CT molecular complexity index is 1310. The lowest BCUT2D eigenvalue weighted by atomic mass is 9.86. The second-order valence-electron chi connectivity index (χ2n) is 8.20. The van der Waals surface area contributed by atoms with E-state index in [0.29, 0.717) is 24.3 Å². The van der Waals surface area contributed by atoms with Crippen molar-refractivity contribution >= 4 is 28.2 Å². The molecule has 3 aromatic heterocycles. The molecule has 3 fully saturated rings. The van der Waals surface area contributed by atoms with Crippen molar-refractivity contribution in [3.8, 4) is 0 Å². The monoisotopic (exact) mass is 399 g/mol. The maximum Gasteiger partial charge on any atom is 0.270 e. The van der Waals surface area contributed by atoms with Gasteiger partial charge in [0.05, 0.1) is 29.4 Å². The molecule has 0 spiro atoms. The number of carbonyl (C=O) groups excluding carboxylic acids is 2. The first kappa shape index (κ1) is 17.3. The Labute approximate surface area is 173 Å². The maximum atomic E-state index is 13.2. The van der Waals surface area contributed by atoms with E-state index in [1.165, 1.54) is 0 Å². The Morgan fingerprint density at radius 2 is 1.70 bits per heavy atom. The third kappa shape index (κ3) is 2.35. The van der Waals surface area contributed by atoms with Crippen molar-refractivity contribution in [3.05, 3.63) is 72.2 Å². The van der Waals surface area contributed by atoms with Gasteiger partial charge in [0.15, 0.2) is 0 Å². The van der Waals surface area contributed by atoms with E-state index in [9.17, 15) is 9.59 Å². The summed E-state index contributed by atoms with van der Waals surface area (Å²) < 4.78 is 3.68. The van der Waals surface area contributed by atoms with Gasteiger partial charge in [0.2, 0.25) is 0 Å².